The number of ether oxygens (including phenoxy) is 2. The van der Waals surface area contributed by atoms with Gasteiger partial charge in [-0.15, -0.1) is 0 Å². The summed E-state index contributed by atoms with van der Waals surface area (Å²) in [6, 6.07) is 0. The molecule has 0 atom stereocenters. The van der Waals surface area contributed by atoms with Crippen LogP contribution in [0, 0.1) is 5.41 Å². The molecule has 1 amide bonds. The minimum Gasteiger partial charge on any atom is -0.446 e. The van der Waals surface area contributed by atoms with E-state index in [1.807, 2.05) is 0 Å². The van der Waals surface area contributed by atoms with E-state index in [1.54, 1.807) is 0 Å². The van der Waals surface area contributed by atoms with E-state index < -0.39 is 0 Å². The molecule has 0 bridgehead atoms. The van der Waals surface area contributed by atoms with Crippen LogP contribution in [0.25, 0.3) is 0 Å². The standard InChI is InChI=1S/C43H87NO3/c1-8-10-12-14-16-18-20-22-24-26-28-30-34-40(35-31-29-27-25-23-21-19-17-15-13-11-9-2)47-41(45)44-38-33-32-36-43(6,7)37-39-46-42(3,4)5/h40H,8-39H2,1-7H3,(H,44,45). The van der Waals surface area contributed by atoms with E-state index >= 15 is 0 Å². The number of rotatable bonds is 35. The highest BCUT2D eigenvalue weighted by molar-refractivity contribution is 5.67. The van der Waals surface area contributed by atoms with Crippen LogP contribution in [0.3, 0.4) is 0 Å². The Morgan fingerprint density at radius 3 is 1.28 bits per heavy atom. The Balaban J connectivity index is 4.26. The van der Waals surface area contributed by atoms with Crippen LogP contribution < -0.4 is 5.32 Å². The highest BCUT2D eigenvalue weighted by Gasteiger charge is 2.19. The summed E-state index contributed by atoms with van der Waals surface area (Å²) in [5.41, 5.74) is 0.192. The molecule has 0 radical (unpaired) electrons. The number of hydrogen-bond donors (Lipinski definition) is 1. The third-order valence-corrected chi connectivity index (χ3v) is 9.90. The van der Waals surface area contributed by atoms with Crippen LogP contribution in [-0.4, -0.2) is 30.9 Å². The van der Waals surface area contributed by atoms with Gasteiger partial charge < -0.3 is 14.8 Å². The number of carbonyl (C=O) groups is 1. The van der Waals surface area contributed by atoms with Gasteiger partial charge in [0.15, 0.2) is 0 Å². The van der Waals surface area contributed by atoms with Crippen LogP contribution in [0.15, 0.2) is 0 Å². The normalized spacial score (nSPS) is 12.3. The monoisotopic (exact) mass is 666 g/mol. The zero-order valence-corrected chi connectivity index (χ0v) is 33.4. The summed E-state index contributed by atoms with van der Waals surface area (Å²) >= 11 is 0. The van der Waals surface area contributed by atoms with Crippen molar-refractivity contribution in [2.45, 2.75) is 253 Å². The molecule has 0 heterocycles. The minimum atomic E-state index is -0.203. The first-order chi connectivity index (χ1) is 22.6. The molecule has 1 N–H and O–H groups in total. The van der Waals surface area contributed by atoms with Gasteiger partial charge in [0.1, 0.15) is 6.10 Å². The summed E-state index contributed by atoms with van der Waals surface area (Å²) in [4.78, 5) is 12.7. The lowest BCUT2D eigenvalue weighted by molar-refractivity contribution is -0.0163. The van der Waals surface area contributed by atoms with Gasteiger partial charge in [-0.05, 0) is 71.1 Å². The zero-order chi connectivity index (χ0) is 34.9. The van der Waals surface area contributed by atoms with Gasteiger partial charge in [0, 0.05) is 13.2 Å². The number of alkyl carbamates (subject to hydrolysis) is 1. The molecule has 4 heteroatoms. The second-order valence-corrected chi connectivity index (χ2v) is 16.6. The fourth-order valence-electron chi connectivity index (χ4n) is 6.56. The molecule has 4 nitrogen and oxygen atoms in total. The molecular formula is C43H87NO3. The van der Waals surface area contributed by atoms with E-state index in [0.717, 1.165) is 45.1 Å². The van der Waals surface area contributed by atoms with E-state index in [9.17, 15) is 4.79 Å². The number of nitrogens with one attached hydrogen (secondary N) is 1. The van der Waals surface area contributed by atoms with Crippen LogP contribution >= 0.6 is 0 Å². The Kier molecular flexibility index (Phi) is 31.9. The molecule has 282 valence electrons. The molecule has 47 heavy (non-hydrogen) atoms. The summed E-state index contributed by atoms with van der Waals surface area (Å²) < 4.78 is 12.0. The maximum Gasteiger partial charge on any atom is 0.407 e. The first-order valence-corrected chi connectivity index (χ1v) is 21.2. The van der Waals surface area contributed by atoms with Crippen molar-refractivity contribution in [3.63, 3.8) is 0 Å². The molecule has 0 unspecified atom stereocenters. The molecule has 0 aromatic heterocycles. The molecule has 0 fully saturated rings. The third-order valence-electron chi connectivity index (χ3n) is 9.90. The van der Waals surface area contributed by atoms with Gasteiger partial charge in [-0.2, -0.15) is 0 Å². The van der Waals surface area contributed by atoms with E-state index in [0.29, 0.717) is 6.54 Å². The Hall–Kier alpha value is -0.770. The summed E-state index contributed by atoms with van der Waals surface area (Å²) in [5.74, 6) is 0. The molecule has 0 aromatic carbocycles. The van der Waals surface area contributed by atoms with Crippen molar-refractivity contribution in [3.8, 4) is 0 Å². The number of unbranched alkanes of at least 4 members (excludes halogenated alkanes) is 23. The molecular weight excluding hydrogens is 578 g/mol. The van der Waals surface area contributed by atoms with Crippen molar-refractivity contribution in [1.29, 1.82) is 0 Å². The van der Waals surface area contributed by atoms with Crippen LogP contribution in [0.4, 0.5) is 4.79 Å². The van der Waals surface area contributed by atoms with Crippen molar-refractivity contribution >= 4 is 6.09 Å². The van der Waals surface area contributed by atoms with E-state index in [-0.39, 0.29) is 23.2 Å². The van der Waals surface area contributed by atoms with E-state index in [4.69, 9.17) is 9.47 Å². The van der Waals surface area contributed by atoms with Gasteiger partial charge in [0.25, 0.3) is 0 Å². The van der Waals surface area contributed by atoms with Crippen LogP contribution in [0.1, 0.15) is 241 Å². The minimum absolute atomic E-state index is 0.0713. The van der Waals surface area contributed by atoms with Crippen molar-refractivity contribution in [2.24, 2.45) is 5.41 Å². The SMILES string of the molecule is CCCCCCCCCCCCCCC(CCCCCCCCCCCCCC)OC(=O)NCCCCC(C)(C)CCOC(C)(C)C. The number of amides is 1. The average molecular weight is 666 g/mol. The van der Waals surface area contributed by atoms with Crippen molar-refractivity contribution in [2.75, 3.05) is 13.2 Å². The second kappa shape index (κ2) is 32.4. The van der Waals surface area contributed by atoms with Crippen molar-refractivity contribution in [3.05, 3.63) is 0 Å². The van der Waals surface area contributed by atoms with Gasteiger partial charge in [0.05, 0.1) is 5.60 Å². The lowest BCUT2D eigenvalue weighted by Crippen LogP contribution is -2.30. The first kappa shape index (κ1) is 46.2. The maximum atomic E-state index is 12.7. The summed E-state index contributed by atoms with van der Waals surface area (Å²) in [6.07, 6.45) is 38.9. The molecule has 0 aliphatic heterocycles. The highest BCUT2D eigenvalue weighted by Crippen LogP contribution is 2.28. The van der Waals surface area contributed by atoms with Crippen molar-refractivity contribution < 1.29 is 14.3 Å². The Labute approximate surface area is 296 Å². The summed E-state index contributed by atoms with van der Waals surface area (Å²) in [6.45, 7) is 17.1. The number of hydrogen-bond acceptors (Lipinski definition) is 3. The molecule has 0 saturated heterocycles. The molecule has 0 spiro atoms. The van der Waals surface area contributed by atoms with E-state index in [2.05, 4.69) is 53.8 Å². The quantitative estimate of drug-likeness (QED) is 0.0685. The van der Waals surface area contributed by atoms with Crippen LogP contribution in [0.2, 0.25) is 0 Å². The molecule has 0 aromatic rings. The van der Waals surface area contributed by atoms with Crippen molar-refractivity contribution in [1.82, 2.24) is 5.32 Å². The van der Waals surface area contributed by atoms with Gasteiger partial charge in [-0.25, -0.2) is 4.79 Å². The largest absolute Gasteiger partial charge is 0.446 e. The maximum absolute atomic E-state index is 12.7. The second-order valence-electron chi connectivity index (χ2n) is 16.6. The summed E-state index contributed by atoms with van der Waals surface area (Å²) in [5, 5.41) is 3.07. The Morgan fingerprint density at radius 2 is 0.894 bits per heavy atom. The summed E-state index contributed by atoms with van der Waals surface area (Å²) in [7, 11) is 0. The fourth-order valence-corrected chi connectivity index (χ4v) is 6.56. The average Bonchev–Trinajstić information content (AvgIpc) is 3.01. The Bertz CT molecular complexity index is 628. The lowest BCUT2D eigenvalue weighted by Gasteiger charge is -2.27. The molecule has 0 aliphatic rings. The smallest absolute Gasteiger partial charge is 0.407 e. The van der Waals surface area contributed by atoms with Crippen LogP contribution in [0.5, 0.6) is 0 Å². The molecule has 0 saturated carbocycles. The van der Waals surface area contributed by atoms with E-state index in [1.165, 1.54) is 154 Å². The fraction of sp³-hybridized carbons (Fsp3) is 0.977. The zero-order valence-electron chi connectivity index (χ0n) is 33.4. The van der Waals surface area contributed by atoms with Gasteiger partial charge in [-0.1, -0.05) is 175 Å². The topological polar surface area (TPSA) is 47.6 Å². The van der Waals surface area contributed by atoms with Gasteiger partial charge in [0.2, 0.25) is 0 Å². The third kappa shape index (κ3) is 36.3. The predicted molar refractivity (Wildman–Crippen MR) is 208 cm³/mol. The first-order valence-electron chi connectivity index (χ1n) is 21.2. The predicted octanol–water partition coefficient (Wildman–Crippen LogP) is 14.7. The molecule has 0 aliphatic carbocycles. The number of carbonyl (C=O) groups excluding carboxylic acids is 1. The van der Waals surface area contributed by atoms with Crippen LogP contribution in [-0.2, 0) is 9.47 Å². The highest BCUT2D eigenvalue weighted by atomic mass is 16.6. The van der Waals surface area contributed by atoms with Gasteiger partial charge >= 0.3 is 6.09 Å². The molecule has 0 rings (SSSR count). The lowest BCUT2D eigenvalue weighted by atomic mass is 9.84. The van der Waals surface area contributed by atoms with Gasteiger partial charge in [-0.3, -0.25) is 0 Å². The Morgan fingerprint density at radius 1 is 0.511 bits per heavy atom.